The second kappa shape index (κ2) is 5.60. The van der Waals surface area contributed by atoms with Gasteiger partial charge in [-0.1, -0.05) is 22.0 Å². The topological polar surface area (TPSA) is 50.2 Å². The van der Waals surface area contributed by atoms with Crippen LogP contribution in [0.5, 0.6) is 5.75 Å². The maximum Gasteiger partial charge on any atom is 0.189 e. The summed E-state index contributed by atoms with van der Waals surface area (Å²) in [5.41, 5.74) is 0.955. The lowest BCUT2D eigenvalue weighted by Crippen LogP contribution is -1.95. The van der Waals surface area contributed by atoms with Gasteiger partial charge in [-0.3, -0.25) is 9.78 Å². The third-order valence-electron chi connectivity index (χ3n) is 2.32. The third kappa shape index (κ3) is 3.05. The Hall–Kier alpha value is -1.94. The minimum atomic E-state index is -0.264. The second-order valence-electron chi connectivity index (χ2n) is 3.61. The van der Waals surface area contributed by atoms with Gasteiger partial charge in [0, 0.05) is 10.7 Å². The van der Waals surface area contributed by atoms with Crippen molar-refractivity contribution in [2.45, 2.75) is 0 Å². The van der Waals surface area contributed by atoms with Crippen LogP contribution in [0.25, 0.3) is 6.08 Å². The monoisotopic (exact) mass is 303 g/mol. The lowest BCUT2D eigenvalue weighted by atomic mass is 10.1. The molecule has 18 heavy (non-hydrogen) atoms. The van der Waals surface area contributed by atoms with Gasteiger partial charge >= 0.3 is 0 Å². The van der Waals surface area contributed by atoms with Crippen molar-refractivity contribution in [2.24, 2.45) is 0 Å². The fourth-order valence-electron chi connectivity index (χ4n) is 1.43. The third-order valence-corrected chi connectivity index (χ3v) is 2.81. The lowest BCUT2D eigenvalue weighted by Gasteiger charge is -2.00. The zero-order valence-electron chi connectivity index (χ0n) is 9.38. The van der Waals surface area contributed by atoms with Crippen LogP contribution in [-0.4, -0.2) is 15.9 Å². The van der Waals surface area contributed by atoms with Crippen molar-refractivity contribution < 1.29 is 9.90 Å². The molecule has 3 nitrogen and oxygen atoms in total. The summed E-state index contributed by atoms with van der Waals surface area (Å²) in [7, 11) is 0. The van der Waals surface area contributed by atoms with Gasteiger partial charge in [0.1, 0.15) is 5.75 Å². The van der Waals surface area contributed by atoms with E-state index in [1.54, 1.807) is 36.5 Å². The molecule has 1 aromatic heterocycles. The van der Waals surface area contributed by atoms with Gasteiger partial charge in [0.2, 0.25) is 0 Å². The molecule has 2 aromatic rings. The molecule has 90 valence electrons. The summed E-state index contributed by atoms with van der Waals surface area (Å²) in [4.78, 5) is 16.0. The zero-order valence-corrected chi connectivity index (χ0v) is 11.0. The molecule has 0 bridgehead atoms. The van der Waals surface area contributed by atoms with Gasteiger partial charge in [-0.15, -0.1) is 0 Å². The van der Waals surface area contributed by atoms with E-state index in [9.17, 15) is 9.90 Å². The van der Waals surface area contributed by atoms with Crippen molar-refractivity contribution in [3.63, 3.8) is 0 Å². The van der Waals surface area contributed by atoms with E-state index in [1.165, 1.54) is 12.1 Å². The first-order chi connectivity index (χ1) is 8.66. The number of benzene rings is 1. The molecule has 2 rings (SSSR count). The number of aromatic hydroxyl groups is 1. The molecule has 0 aliphatic carbocycles. The van der Waals surface area contributed by atoms with Crippen LogP contribution in [-0.2, 0) is 0 Å². The highest BCUT2D eigenvalue weighted by atomic mass is 79.9. The number of halogens is 1. The Morgan fingerprint density at radius 1 is 1.28 bits per heavy atom. The highest BCUT2D eigenvalue weighted by Crippen LogP contribution is 2.22. The number of nitrogens with zero attached hydrogens (tertiary/aromatic N) is 1. The largest absolute Gasteiger partial charge is 0.507 e. The standard InChI is InChI=1S/C14H10BrNO2/c15-10-4-6-13(17)12(9-10)14(18)7-5-11-3-1-2-8-16-11/h1-9,17H/b7-5+. The molecule has 0 amide bonds. The van der Waals surface area contributed by atoms with Crippen LogP contribution in [0, 0.1) is 0 Å². The maximum absolute atomic E-state index is 11.9. The predicted molar refractivity (Wildman–Crippen MR) is 73.4 cm³/mol. The number of phenols is 1. The van der Waals surface area contributed by atoms with Gasteiger partial charge in [0.15, 0.2) is 5.78 Å². The molecule has 4 heteroatoms. The first kappa shape index (κ1) is 12.5. The van der Waals surface area contributed by atoms with E-state index in [0.717, 1.165) is 4.47 Å². The molecule has 1 N–H and O–H groups in total. The van der Waals surface area contributed by atoms with E-state index in [-0.39, 0.29) is 17.1 Å². The Morgan fingerprint density at radius 2 is 2.11 bits per heavy atom. The fourth-order valence-corrected chi connectivity index (χ4v) is 1.79. The summed E-state index contributed by atoms with van der Waals surface area (Å²) in [5, 5.41) is 9.61. The average molecular weight is 304 g/mol. The Balaban J connectivity index is 2.22. The second-order valence-corrected chi connectivity index (χ2v) is 4.53. The molecule has 0 unspecified atom stereocenters. The first-order valence-corrected chi connectivity index (χ1v) is 6.08. The van der Waals surface area contributed by atoms with E-state index in [4.69, 9.17) is 0 Å². The van der Waals surface area contributed by atoms with Crippen molar-refractivity contribution in [3.05, 3.63) is 64.4 Å². The van der Waals surface area contributed by atoms with Crippen LogP contribution in [0.15, 0.2) is 53.1 Å². The number of aromatic nitrogens is 1. The summed E-state index contributed by atoms with van der Waals surface area (Å²) in [6.07, 6.45) is 4.66. The Morgan fingerprint density at radius 3 is 2.83 bits per heavy atom. The molecule has 0 fully saturated rings. The predicted octanol–water partition coefficient (Wildman–Crippen LogP) is 3.45. The first-order valence-electron chi connectivity index (χ1n) is 5.29. The fraction of sp³-hybridized carbons (Fsp3) is 0. The van der Waals surface area contributed by atoms with E-state index < -0.39 is 0 Å². The smallest absolute Gasteiger partial charge is 0.189 e. The minimum Gasteiger partial charge on any atom is -0.507 e. The van der Waals surface area contributed by atoms with Crippen molar-refractivity contribution in [1.82, 2.24) is 4.98 Å². The number of pyridine rings is 1. The highest BCUT2D eigenvalue weighted by molar-refractivity contribution is 9.10. The number of hydrogen-bond donors (Lipinski definition) is 1. The maximum atomic E-state index is 11.9. The number of carbonyl (C=O) groups is 1. The van der Waals surface area contributed by atoms with Gasteiger partial charge < -0.3 is 5.11 Å². The molecule has 0 saturated heterocycles. The molecule has 0 radical (unpaired) electrons. The van der Waals surface area contributed by atoms with Crippen molar-refractivity contribution >= 4 is 27.8 Å². The molecule has 1 aromatic carbocycles. The van der Waals surface area contributed by atoms with Crippen LogP contribution in [0.4, 0.5) is 0 Å². The minimum absolute atomic E-state index is 0.0335. The number of allylic oxidation sites excluding steroid dienone is 1. The van der Waals surface area contributed by atoms with E-state index in [1.807, 2.05) is 6.07 Å². The quantitative estimate of drug-likeness (QED) is 0.698. The average Bonchev–Trinajstić information content (AvgIpc) is 2.40. The molecule has 0 aliphatic rings. The number of ketones is 1. The summed E-state index contributed by atoms with van der Waals surface area (Å²) >= 11 is 3.26. The van der Waals surface area contributed by atoms with Crippen molar-refractivity contribution in [1.29, 1.82) is 0 Å². The molecular weight excluding hydrogens is 294 g/mol. The van der Waals surface area contributed by atoms with E-state index in [2.05, 4.69) is 20.9 Å². The van der Waals surface area contributed by atoms with Gasteiger partial charge in [-0.05, 0) is 42.5 Å². The molecule has 0 spiro atoms. The van der Waals surface area contributed by atoms with Crippen LogP contribution in [0.1, 0.15) is 16.1 Å². The van der Waals surface area contributed by atoms with Gasteiger partial charge in [-0.2, -0.15) is 0 Å². The van der Waals surface area contributed by atoms with E-state index >= 15 is 0 Å². The van der Waals surface area contributed by atoms with Crippen molar-refractivity contribution in [3.8, 4) is 5.75 Å². The van der Waals surface area contributed by atoms with Crippen LogP contribution < -0.4 is 0 Å². The molecule has 0 atom stereocenters. The number of carbonyl (C=O) groups excluding carboxylic acids is 1. The lowest BCUT2D eigenvalue weighted by molar-refractivity contribution is 0.104. The summed E-state index contributed by atoms with van der Waals surface area (Å²) in [6, 6.07) is 10.2. The summed E-state index contributed by atoms with van der Waals surface area (Å²) < 4.78 is 0.745. The van der Waals surface area contributed by atoms with Crippen LogP contribution >= 0.6 is 15.9 Å². The van der Waals surface area contributed by atoms with Crippen LogP contribution in [0.2, 0.25) is 0 Å². The van der Waals surface area contributed by atoms with Crippen molar-refractivity contribution in [2.75, 3.05) is 0 Å². The van der Waals surface area contributed by atoms with E-state index in [0.29, 0.717) is 5.69 Å². The molecule has 0 saturated carbocycles. The summed E-state index contributed by atoms with van der Waals surface area (Å²) in [5.74, 6) is -0.298. The number of rotatable bonds is 3. The Labute approximate surface area is 113 Å². The highest BCUT2D eigenvalue weighted by Gasteiger charge is 2.08. The molecular formula is C14H10BrNO2. The van der Waals surface area contributed by atoms with Gasteiger partial charge in [0.25, 0.3) is 0 Å². The zero-order chi connectivity index (χ0) is 13.0. The molecule has 1 heterocycles. The Bertz CT molecular complexity index is 594. The molecule has 0 aliphatic heterocycles. The SMILES string of the molecule is O=C(/C=C/c1ccccn1)c1cc(Br)ccc1O. The number of hydrogen-bond acceptors (Lipinski definition) is 3. The normalized spacial score (nSPS) is 10.7. The van der Waals surface area contributed by atoms with Gasteiger partial charge in [0.05, 0.1) is 11.3 Å². The van der Waals surface area contributed by atoms with Gasteiger partial charge in [-0.25, -0.2) is 0 Å². The number of phenolic OH excluding ortho intramolecular Hbond substituents is 1. The van der Waals surface area contributed by atoms with Crippen LogP contribution in [0.3, 0.4) is 0 Å². The summed E-state index contributed by atoms with van der Waals surface area (Å²) in [6.45, 7) is 0. The Kier molecular flexibility index (Phi) is 3.89.